The van der Waals surface area contributed by atoms with Crippen LogP contribution in [0, 0.1) is 0 Å². The Morgan fingerprint density at radius 2 is 1.96 bits per heavy atom. The van der Waals surface area contributed by atoms with E-state index in [1.165, 1.54) is 22.7 Å². The Morgan fingerprint density at radius 3 is 2.60 bits per heavy atom. The molecule has 0 fully saturated rings. The van der Waals surface area contributed by atoms with Crippen LogP contribution >= 0.6 is 22.7 Å². The molecular formula is C15H24IN5OS3. The van der Waals surface area contributed by atoms with Gasteiger partial charge in [-0.1, -0.05) is 0 Å². The van der Waals surface area contributed by atoms with Crippen LogP contribution in [0.15, 0.2) is 10.8 Å². The molecule has 0 saturated heterocycles. The highest BCUT2D eigenvalue weighted by molar-refractivity contribution is 7.95. The molecule has 25 heavy (non-hydrogen) atoms. The predicted molar refractivity (Wildman–Crippen MR) is 105 cm³/mol. The highest BCUT2D eigenvalue weighted by atomic mass is 127. The van der Waals surface area contributed by atoms with Crippen molar-refractivity contribution in [1.82, 2.24) is 15.3 Å². The van der Waals surface area contributed by atoms with E-state index in [0.29, 0.717) is 36.2 Å². The fourth-order valence-corrected chi connectivity index (χ4v) is 4.51. The number of hydrogen-bond acceptors (Lipinski definition) is 7. The van der Waals surface area contributed by atoms with E-state index >= 15 is 0 Å². The van der Waals surface area contributed by atoms with Gasteiger partial charge in [-0.25, -0.2) is 9.97 Å². The van der Waals surface area contributed by atoms with Crippen LogP contribution in [0.2, 0.25) is 0 Å². The molecule has 2 rings (SSSR count). The molecule has 0 aliphatic rings. The molecule has 0 aliphatic carbocycles. The monoisotopic (exact) mass is 513 g/mol. The number of amides is 1. The van der Waals surface area contributed by atoms with Crippen molar-refractivity contribution in [3.8, 4) is 10.7 Å². The lowest BCUT2D eigenvalue weighted by Gasteiger charge is -2.06. The number of thiazole rings is 2. The molecule has 6 nitrogen and oxygen atoms in total. The van der Waals surface area contributed by atoms with Gasteiger partial charge in [-0.15, -0.1) is 22.7 Å². The summed E-state index contributed by atoms with van der Waals surface area (Å²) in [5.74, 6) is 1.09. The van der Waals surface area contributed by atoms with Crippen molar-refractivity contribution in [1.29, 1.82) is 0 Å². The molecule has 1 amide bonds. The Balaban J connectivity index is 0.00000312. The fraction of sp³-hybridized carbons (Fsp3) is 0.533. The Kier molecular flexibility index (Phi) is 10.4. The maximum atomic E-state index is 12.1. The normalized spacial score (nSPS) is 11.0. The topological polar surface area (TPSA) is 107 Å². The van der Waals surface area contributed by atoms with Crippen molar-refractivity contribution in [2.24, 2.45) is 11.5 Å². The van der Waals surface area contributed by atoms with E-state index in [0.717, 1.165) is 27.9 Å². The quantitative estimate of drug-likeness (QED) is 0.210. The van der Waals surface area contributed by atoms with Crippen molar-refractivity contribution >= 4 is 39.5 Å². The smallest absolute Gasteiger partial charge is 0.270 e. The second kappa shape index (κ2) is 11.4. The van der Waals surface area contributed by atoms with Crippen LogP contribution in [0.3, 0.4) is 0 Å². The molecule has 2 heterocycles. The minimum Gasteiger partial charge on any atom is -1.00 e. The molecule has 0 saturated carbocycles. The van der Waals surface area contributed by atoms with E-state index in [1.54, 1.807) is 5.38 Å². The summed E-state index contributed by atoms with van der Waals surface area (Å²) in [6.07, 6.45) is 5.40. The average Bonchev–Trinajstić information content (AvgIpc) is 3.21. The summed E-state index contributed by atoms with van der Waals surface area (Å²) < 4.78 is 0. The summed E-state index contributed by atoms with van der Waals surface area (Å²) in [6.45, 7) is 1.64. The molecule has 2 aromatic rings. The maximum Gasteiger partial charge on any atom is 0.270 e. The molecule has 0 bridgehead atoms. The summed E-state index contributed by atoms with van der Waals surface area (Å²) in [6, 6.07) is 0. The molecule has 0 radical (unpaired) electrons. The van der Waals surface area contributed by atoms with Crippen molar-refractivity contribution in [2.45, 2.75) is 12.3 Å². The van der Waals surface area contributed by atoms with Crippen LogP contribution in [0.4, 0.5) is 0 Å². The molecule has 0 aliphatic heterocycles. The van der Waals surface area contributed by atoms with Crippen molar-refractivity contribution in [3.05, 3.63) is 21.5 Å². The van der Waals surface area contributed by atoms with E-state index in [1.807, 2.05) is 5.38 Å². The van der Waals surface area contributed by atoms with Crippen molar-refractivity contribution in [2.75, 3.05) is 37.9 Å². The first-order chi connectivity index (χ1) is 11.5. The van der Waals surface area contributed by atoms with Crippen molar-refractivity contribution < 1.29 is 28.8 Å². The van der Waals surface area contributed by atoms with E-state index in [2.05, 4.69) is 27.8 Å². The Hall–Kier alpha value is -0.270. The number of nitrogens with one attached hydrogen (secondary N) is 1. The fourth-order valence-electron chi connectivity index (χ4n) is 2.02. The third kappa shape index (κ3) is 6.75. The first-order valence-corrected chi connectivity index (χ1v) is 11.7. The van der Waals surface area contributed by atoms with Gasteiger partial charge in [-0.3, -0.25) is 4.79 Å². The molecule has 2 aromatic heterocycles. The summed E-state index contributed by atoms with van der Waals surface area (Å²) in [5.41, 5.74) is 12.6. The number of carbonyl (C=O) groups excluding carboxylic acids is 1. The largest absolute Gasteiger partial charge is 1.00 e. The molecule has 5 N–H and O–H groups in total. The number of nitrogens with two attached hydrogens (primary N) is 2. The lowest BCUT2D eigenvalue weighted by molar-refractivity contribution is -0.0000134. The number of aromatic nitrogens is 2. The van der Waals surface area contributed by atoms with Crippen LogP contribution < -0.4 is 40.8 Å². The zero-order chi connectivity index (χ0) is 17.5. The van der Waals surface area contributed by atoms with Crippen LogP contribution in [-0.4, -0.2) is 53.8 Å². The lowest BCUT2D eigenvalue weighted by Crippen LogP contribution is -3.00. The van der Waals surface area contributed by atoms with E-state index in [9.17, 15) is 4.79 Å². The summed E-state index contributed by atoms with van der Waals surface area (Å²) in [5, 5.41) is 8.31. The number of nitrogens with zero attached hydrogens (tertiary/aromatic N) is 2. The van der Waals surface area contributed by atoms with Gasteiger partial charge in [0.25, 0.3) is 5.91 Å². The van der Waals surface area contributed by atoms with E-state index in [-0.39, 0.29) is 35.8 Å². The molecule has 0 unspecified atom stereocenters. The zero-order valence-electron chi connectivity index (χ0n) is 14.3. The number of halogens is 1. The average molecular weight is 513 g/mol. The van der Waals surface area contributed by atoms with Crippen LogP contribution in [0.25, 0.3) is 10.7 Å². The van der Waals surface area contributed by atoms with Gasteiger partial charge in [-0.05, 0) is 10.9 Å². The highest BCUT2D eigenvalue weighted by Gasteiger charge is 2.17. The Bertz CT molecular complexity index is 657. The second-order valence-electron chi connectivity index (χ2n) is 5.58. The first kappa shape index (κ1) is 22.8. The van der Waals surface area contributed by atoms with Gasteiger partial charge in [0.2, 0.25) is 0 Å². The second-order valence-corrected chi connectivity index (χ2v) is 9.70. The molecular weight excluding hydrogens is 489 g/mol. The highest BCUT2D eigenvalue weighted by Crippen LogP contribution is 2.28. The third-order valence-corrected chi connectivity index (χ3v) is 6.39. The van der Waals surface area contributed by atoms with Gasteiger partial charge >= 0.3 is 0 Å². The summed E-state index contributed by atoms with van der Waals surface area (Å²) in [7, 11) is 0.411. The zero-order valence-corrected chi connectivity index (χ0v) is 18.9. The van der Waals surface area contributed by atoms with Crippen LogP contribution in [-0.2, 0) is 10.9 Å². The van der Waals surface area contributed by atoms with E-state index in [4.69, 9.17) is 11.5 Å². The van der Waals surface area contributed by atoms with Gasteiger partial charge in [0, 0.05) is 42.7 Å². The maximum absolute atomic E-state index is 12.1. The van der Waals surface area contributed by atoms with Gasteiger partial charge in [0.15, 0.2) is 0 Å². The summed E-state index contributed by atoms with van der Waals surface area (Å²) in [4.78, 5) is 21.1. The number of rotatable bonds is 9. The van der Waals surface area contributed by atoms with Gasteiger partial charge in [0.05, 0.1) is 17.5 Å². The SMILES string of the molecule is C[S+](C)CCCNC(=O)c1csc(-c2csc(C(CN)CN)n2)n1.[I-]. The van der Waals surface area contributed by atoms with Crippen LogP contribution in [0.1, 0.15) is 27.8 Å². The molecule has 0 atom stereocenters. The molecule has 10 heteroatoms. The Morgan fingerprint density at radius 1 is 1.24 bits per heavy atom. The molecule has 140 valence electrons. The lowest BCUT2D eigenvalue weighted by atomic mass is 10.1. The third-order valence-electron chi connectivity index (χ3n) is 3.41. The van der Waals surface area contributed by atoms with Gasteiger partial charge in [0.1, 0.15) is 22.1 Å². The van der Waals surface area contributed by atoms with Crippen molar-refractivity contribution in [3.63, 3.8) is 0 Å². The minimum atomic E-state index is -0.123. The predicted octanol–water partition coefficient (Wildman–Crippen LogP) is -1.73. The minimum absolute atomic E-state index is 0. The molecule has 0 aromatic carbocycles. The standard InChI is InChI=1S/C15H23N5OS3.HI/c1-24(2)5-3-4-18-13(21)11-8-23-15(19-11)12-9-22-14(20-12)10(6-16)7-17;/h8-10H,3-7,16-17H2,1-2H3;1H. The molecule has 0 spiro atoms. The van der Waals surface area contributed by atoms with Gasteiger partial charge < -0.3 is 40.8 Å². The van der Waals surface area contributed by atoms with Crippen LogP contribution in [0.5, 0.6) is 0 Å². The van der Waals surface area contributed by atoms with Gasteiger partial charge in [-0.2, -0.15) is 0 Å². The first-order valence-electron chi connectivity index (χ1n) is 7.69. The summed E-state index contributed by atoms with van der Waals surface area (Å²) >= 11 is 2.96. The van der Waals surface area contributed by atoms with E-state index < -0.39 is 0 Å². The number of carbonyl (C=O) groups is 1. The number of hydrogen-bond donors (Lipinski definition) is 3. The Labute approximate surface area is 176 Å².